The molecule has 2 N–H and O–H groups in total. The molecule has 2 rings (SSSR count). The van der Waals surface area contributed by atoms with Crippen molar-refractivity contribution < 1.29 is 0 Å². The van der Waals surface area contributed by atoms with Crippen molar-refractivity contribution in [3.8, 4) is 0 Å². The van der Waals surface area contributed by atoms with Crippen LogP contribution in [-0.2, 0) is 6.54 Å². The fourth-order valence-corrected chi connectivity index (χ4v) is 1.84. The van der Waals surface area contributed by atoms with E-state index in [1.54, 1.807) is 6.20 Å². The Hall–Kier alpha value is -1.35. The van der Waals surface area contributed by atoms with E-state index in [9.17, 15) is 0 Å². The van der Waals surface area contributed by atoms with Crippen LogP contribution in [0.3, 0.4) is 0 Å². The smallest absolute Gasteiger partial charge is 0.133 e. The standard InChI is InChI=1S/C13H16ClN3/c14-13-12(2-1-5-17-13)9-16-8-11(7-15)6-10-3-4-10/h1-2,5,7-8,10,15-16H,3-4,6,9H2/b11-8-,15-7?. The van der Waals surface area contributed by atoms with Crippen molar-refractivity contribution >= 4 is 17.8 Å². The van der Waals surface area contributed by atoms with E-state index in [4.69, 9.17) is 17.0 Å². The summed E-state index contributed by atoms with van der Waals surface area (Å²) in [6, 6.07) is 3.81. The van der Waals surface area contributed by atoms with Crippen LogP contribution < -0.4 is 5.32 Å². The second-order valence-corrected chi connectivity index (χ2v) is 4.70. The van der Waals surface area contributed by atoms with Crippen LogP contribution in [0.15, 0.2) is 30.1 Å². The quantitative estimate of drug-likeness (QED) is 0.601. The van der Waals surface area contributed by atoms with Gasteiger partial charge in [-0.1, -0.05) is 17.7 Å². The molecule has 0 amide bonds. The molecular formula is C13H16ClN3. The monoisotopic (exact) mass is 249 g/mol. The number of nitrogens with zero attached hydrogens (tertiary/aromatic N) is 1. The molecule has 4 heteroatoms. The highest BCUT2D eigenvalue weighted by atomic mass is 35.5. The minimum absolute atomic E-state index is 0.534. The van der Waals surface area contributed by atoms with Gasteiger partial charge in [0.05, 0.1) is 0 Å². The highest BCUT2D eigenvalue weighted by molar-refractivity contribution is 6.30. The third-order valence-corrected chi connectivity index (χ3v) is 3.16. The average molecular weight is 250 g/mol. The molecule has 1 saturated carbocycles. The summed E-state index contributed by atoms with van der Waals surface area (Å²) in [7, 11) is 0. The molecule has 1 fully saturated rings. The predicted octanol–water partition coefficient (Wildman–Crippen LogP) is 3.16. The predicted molar refractivity (Wildman–Crippen MR) is 70.3 cm³/mol. The third kappa shape index (κ3) is 3.86. The molecule has 0 radical (unpaired) electrons. The molecule has 0 aliphatic heterocycles. The molecule has 17 heavy (non-hydrogen) atoms. The summed E-state index contributed by atoms with van der Waals surface area (Å²) in [5.41, 5.74) is 2.02. The van der Waals surface area contributed by atoms with Gasteiger partial charge in [0.25, 0.3) is 0 Å². The minimum atomic E-state index is 0.534. The lowest BCUT2D eigenvalue weighted by atomic mass is 10.1. The third-order valence-electron chi connectivity index (χ3n) is 2.82. The Morgan fingerprint density at radius 3 is 3.06 bits per heavy atom. The van der Waals surface area contributed by atoms with Crippen LogP contribution in [0.2, 0.25) is 5.15 Å². The number of hydrogen-bond donors (Lipinski definition) is 2. The van der Waals surface area contributed by atoms with Gasteiger partial charge in [0.15, 0.2) is 0 Å². The zero-order valence-electron chi connectivity index (χ0n) is 9.62. The number of hydrogen-bond acceptors (Lipinski definition) is 3. The Labute approximate surface area is 106 Å². The number of allylic oxidation sites excluding steroid dienone is 1. The van der Waals surface area contributed by atoms with Crippen molar-refractivity contribution in [3.05, 3.63) is 40.8 Å². The number of nitrogens with one attached hydrogen (secondary N) is 2. The van der Waals surface area contributed by atoms with Gasteiger partial charge in [-0.3, -0.25) is 0 Å². The first-order chi connectivity index (χ1) is 8.29. The first-order valence-corrected chi connectivity index (χ1v) is 6.19. The van der Waals surface area contributed by atoms with Gasteiger partial charge in [-0.05, 0) is 36.8 Å². The molecule has 0 aromatic carbocycles. The van der Waals surface area contributed by atoms with Crippen molar-refractivity contribution in [1.29, 1.82) is 5.41 Å². The molecule has 0 bridgehead atoms. The van der Waals surface area contributed by atoms with E-state index in [-0.39, 0.29) is 0 Å². The maximum Gasteiger partial charge on any atom is 0.133 e. The molecule has 1 aromatic heterocycles. The van der Waals surface area contributed by atoms with E-state index in [1.165, 1.54) is 19.1 Å². The highest BCUT2D eigenvalue weighted by Crippen LogP contribution is 2.34. The fourth-order valence-electron chi connectivity index (χ4n) is 1.66. The molecule has 90 valence electrons. The largest absolute Gasteiger partial charge is 0.386 e. The SMILES string of the molecule is N=C/C(=C\NCc1cccnc1Cl)CC1CC1. The molecular weight excluding hydrogens is 234 g/mol. The van der Waals surface area contributed by atoms with Crippen LogP contribution in [0.4, 0.5) is 0 Å². The van der Waals surface area contributed by atoms with Crippen molar-refractivity contribution in [2.45, 2.75) is 25.8 Å². The van der Waals surface area contributed by atoms with Crippen molar-refractivity contribution in [3.63, 3.8) is 0 Å². The van der Waals surface area contributed by atoms with E-state index in [1.807, 2.05) is 18.3 Å². The zero-order valence-corrected chi connectivity index (χ0v) is 10.4. The summed E-state index contributed by atoms with van der Waals surface area (Å²) >= 11 is 5.95. The number of aromatic nitrogens is 1. The highest BCUT2D eigenvalue weighted by Gasteiger charge is 2.21. The Balaban J connectivity index is 1.86. The van der Waals surface area contributed by atoms with Crippen LogP contribution >= 0.6 is 11.6 Å². The Morgan fingerprint density at radius 2 is 2.41 bits per heavy atom. The molecule has 1 aromatic rings. The molecule has 0 saturated heterocycles. The Bertz CT molecular complexity index is 424. The van der Waals surface area contributed by atoms with Crippen LogP contribution in [0.25, 0.3) is 0 Å². The van der Waals surface area contributed by atoms with Crippen LogP contribution in [-0.4, -0.2) is 11.2 Å². The Morgan fingerprint density at radius 1 is 1.59 bits per heavy atom. The maximum absolute atomic E-state index is 7.33. The normalized spacial score (nSPS) is 15.7. The number of rotatable bonds is 6. The van der Waals surface area contributed by atoms with E-state index in [2.05, 4.69) is 10.3 Å². The summed E-state index contributed by atoms with van der Waals surface area (Å²) in [4.78, 5) is 4.02. The van der Waals surface area contributed by atoms with Gasteiger partial charge >= 0.3 is 0 Å². The van der Waals surface area contributed by atoms with Crippen LogP contribution in [0, 0.1) is 11.3 Å². The van der Waals surface area contributed by atoms with Gasteiger partial charge in [-0.15, -0.1) is 0 Å². The van der Waals surface area contributed by atoms with E-state index >= 15 is 0 Å². The lowest BCUT2D eigenvalue weighted by molar-refractivity contribution is 0.811. The zero-order chi connectivity index (χ0) is 12.1. The van der Waals surface area contributed by atoms with Gasteiger partial charge in [-0.2, -0.15) is 0 Å². The summed E-state index contributed by atoms with van der Waals surface area (Å²) in [5, 5.41) is 11.1. The summed E-state index contributed by atoms with van der Waals surface area (Å²) in [6.07, 6.45) is 8.64. The van der Waals surface area contributed by atoms with Gasteiger partial charge in [0.1, 0.15) is 5.15 Å². The van der Waals surface area contributed by atoms with Crippen LogP contribution in [0.5, 0.6) is 0 Å². The molecule has 0 spiro atoms. The Kier molecular flexibility index (Phi) is 4.15. The molecule has 3 nitrogen and oxygen atoms in total. The molecule has 1 aliphatic rings. The summed E-state index contributed by atoms with van der Waals surface area (Å²) in [5.74, 6) is 0.798. The maximum atomic E-state index is 7.33. The van der Waals surface area contributed by atoms with Crippen LogP contribution in [0.1, 0.15) is 24.8 Å². The van der Waals surface area contributed by atoms with Gasteiger partial charge in [0, 0.05) is 30.7 Å². The molecule has 0 atom stereocenters. The molecule has 1 aliphatic carbocycles. The van der Waals surface area contributed by atoms with Crippen molar-refractivity contribution in [1.82, 2.24) is 10.3 Å². The van der Waals surface area contributed by atoms with Crippen molar-refractivity contribution in [2.75, 3.05) is 0 Å². The lowest BCUT2D eigenvalue weighted by Crippen LogP contribution is -2.07. The first-order valence-electron chi connectivity index (χ1n) is 5.82. The van der Waals surface area contributed by atoms with Gasteiger partial charge < -0.3 is 10.7 Å². The second kappa shape index (κ2) is 5.82. The summed E-state index contributed by atoms with van der Waals surface area (Å²) in [6.45, 7) is 0.648. The molecule has 1 heterocycles. The summed E-state index contributed by atoms with van der Waals surface area (Å²) < 4.78 is 0. The second-order valence-electron chi connectivity index (χ2n) is 4.35. The van der Waals surface area contributed by atoms with Gasteiger partial charge in [0.2, 0.25) is 0 Å². The molecule has 0 unspecified atom stereocenters. The lowest BCUT2D eigenvalue weighted by Gasteiger charge is -2.05. The van der Waals surface area contributed by atoms with E-state index in [0.717, 1.165) is 23.5 Å². The number of pyridine rings is 1. The topological polar surface area (TPSA) is 48.8 Å². The first kappa shape index (κ1) is 12.1. The van der Waals surface area contributed by atoms with E-state index in [0.29, 0.717) is 11.7 Å². The minimum Gasteiger partial charge on any atom is -0.386 e. The van der Waals surface area contributed by atoms with Gasteiger partial charge in [-0.25, -0.2) is 4.98 Å². The van der Waals surface area contributed by atoms with E-state index < -0.39 is 0 Å². The fraction of sp³-hybridized carbons (Fsp3) is 0.385. The average Bonchev–Trinajstić information content (AvgIpc) is 3.14. The number of halogens is 1. The van der Waals surface area contributed by atoms with Crippen molar-refractivity contribution in [2.24, 2.45) is 5.92 Å².